The first-order valence-electron chi connectivity index (χ1n) is 6.33. The summed E-state index contributed by atoms with van der Waals surface area (Å²) in [5.74, 6) is 0.273. The van der Waals surface area contributed by atoms with E-state index >= 15 is 0 Å². The van der Waals surface area contributed by atoms with Gasteiger partial charge in [-0.05, 0) is 53.0 Å². The van der Waals surface area contributed by atoms with Crippen LogP contribution in [0.4, 0.5) is 0 Å². The average Bonchev–Trinajstić information content (AvgIpc) is 2.40. The standard InChI is InChI=1S/C16H18BrNO/c1-11-3-6-14(7-4-11)12(2)18-10-13-5-8-16(19)15(17)9-13/h3-9,12,18-19H,10H2,1-2H3. The summed E-state index contributed by atoms with van der Waals surface area (Å²) in [6.07, 6.45) is 0. The Morgan fingerprint density at radius 3 is 2.47 bits per heavy atom. The van der Waals surface area contributed by atoms with Crippen molar-refractivity contribution in [2.75, 3.05) is 0 Å². The van der Waals surface area contributed by atoms with Gasteiger partial charge in [-0.1, -0.05) is 35.9 Å². The minimum absolute atomic E-state index is 0.273. The van der Waals surface area contributed by atoms with Crippen LogP contribution in [0.25, 0.3) is 0 Å². The third-order valence-electron chi connectivity index (χ3n) is 3.20. The van der Waals surface area contributed by atoms with E-state index in [-0.39, 0.29) is 5.75 Å². The maximum absolute atomic E-state index is 9.46. The second-order valence-corrected chi connectivity index (χ2v) is 5.65. The fourth-order valence-electron chi connectivity index (χ4n) is 1.90. The summed E-state index contributed by atoms with van der Waals surface area (Å²) in [6.45, 7) is 5.02. The van der Waals surface area contributed by atoms with Crippen LogP contribution in [-0.2, 0) is 6.54 Å². The smallest absolute Gasteiger partial charge is 0.129 e. The van der Waals surface area contributed by atoms with Crippen LogP contribution in [0.3, 0.4) is 0 Å². The van der Waals surface area contributed by atoms with Crippen LogP contribution >= 0.6 is 15.9 Å². The molecule has 2 aromatic carbocycles. The molecule has 100 valence electrons. The number of benzene rings is 2. The molecule has 3 heteroatoms. The lowest BCUT2D eigenvalue weighted by Crippen LogP contribution is -2.18. The van der Waals surface area contributed by atoms with Gasteiger partial charge in [-0.15, -0.1) is 0 Å². The normalized spacial score (nSPS) is 12.4. The molecule has 0 heterocycles. The number of aryl methyl sites for hydroxylation is 1. The summed E-state index contributed by atoms with van der Waals surface area (Å²) in [6, 6.07) is 14.4. The second-order valence-electron chi connectivity index (χ2n) is 4.80. The molecule has 2 nitrogen and oxygen atoms in total. The highest BCUT2D eigenvalue weighted by Crippen LogP contribution is 2.24. The highest BCUT2D eigenvalue weighted by atomic mass is 79.9. The first-order chi connectivity index (χ1) is 9.06. The molecule has 2 aromatic rings. The van der Waals surface area contributed by atoms with Gasteiger partial charge in [0.1, 0.15) is 5.75 Å². The quantitative estimate of drug-likeness (QED) is 0.879. The third kappa shape index (κ3) is 3.82. The van der Waals surface area contributed by atoms with E-state index < -0.39 is 0 Å². The Kier molecular flexibility index (Phi) is 4.61. The zero-order valence-corrected chi connectivity index (χ0v) is 12.7. The second kappa shape index (κ2) is 6.22. The Morgan fingerprint density at radius 1 is 1.16 bits per heavy atom. The van der Waals surface area contributed by atoms with Crippen LogP contribution in [0.15, 0.2) is 46.9 Å². The van der Waals surface area contributed by atoms with E-state index in [1.165, 1.54) is 11.1 Å². The molecule has 0 fully saturated rings. The van der Waals surface area contributed by atoms with Crippen molar-refractivity contribution in [3.8, 4) is 5.75 Å². The molecule has 0 amide bonds. The van der Waals surface area contributed by atoms with Gasteiger partial charge in [-0.2, -0.15) is 0 Å². The maximum Gasteiger partial charge on any atom is 0.129 e. The Bertz CT molecular complexity index is 551. The molecular weight excluding hydrogens is 302 g/mol. The Hall–Kier alpha value is -1.32. The van der Waals surface area contributed by atoms with Crippen LogP contribution in [0.5, 0.6) is 5.75 Å². The Balaban J connectivity index is 1.98. The van der Waals surface area contributed by atoms with E-state index in [9.17, 15) is 5.11 Å². The molecule has 0 bridgehead atoms. The van der Waals surface area contributed by atoms with Gasteiger partial charge in [-0.3, -0.25) is 0 Å². The molecule has 1 unspecified atom stereocenters. The molecule has 19 heavy (non-hydrogen) atoms. The van der Waals surface area contributed by atoms with E-state index in [0.717, 1.165) is 16.6 Å². The van der Waals surface area contributed by atoms with Crippen molar-refractivity contribution >= 4 is 15.9 Å². The van der Waals surface area contributed by atoms with Gasteiger partial charge in [0.2, 0.25) is 0 Å². The molecule has 0 radical (unpaired) electrons. The number of hydrogen-bond acceptors (Lipinski definition) is 2. The van der Waals surface area contributed by atoms with Crippen molar-refractivity contribution in [2.45, 2.75) is 26.4 Å². The predicted molar refractivity (Wildman–Crippen MR) is 82.2 cm³/mol. The molecule has 0 aliphatic heterocycles. The SMILES string of the molecule is Cc1ccc(C(C)NCc2ccc(O)c(Br)c2)cc1. The van der Waals surface area contributed by atoms with Gasteiger partial charge in [-0.25, -0.2) is 0 Å². The van der Waals surface area contributed by atoms with Crippen LogP contribution < -0.4 is 5.32 Å². The number of rotatable bonds is 4. The van der Waals surface area contributed by atoms with E-state index in [2.05, 4.69) is 59.4 Å². The minimum atomic E-state index is 0.273. The van der Waals surface area contributed by atoms with Crippen molar-refractivity contribution in [2.24, 2.45) is 0 Å². The van der Waals surface area contributed by atoms with Crippen molar-refractivity contribution in [3.05, 3.63) is 63.6 Å². The summed E-state index contributed by atoms with van der Waals surface area (Å²) in [4.78, 5) is 0. The predicted octanol–water partition coefficient (Wildman–Crippen LogP) is 4.31. The molecule has 0 aliphatic rings. The molecule has 0 spiro atoms. The van der Waals surface area contributed by atoms with E-state index in [0.29, 0.717) is 6.04 Å². The van der Waals surface area contributed by atoms with E-state index in [4.69, 9.17) is 0 Å². The van der Waals surface area contributed by atoms with Crippen molar-refractivity contribution in [1.82, 2.24) is 5.32 Å². The zero-order chi connectivity index (χ0) is 13.8. The van der Waals surface area contributed by atoms with Crippen molar-refractivity contribution < 1.29 is 5.11 Å². The van der Waals surface area contributed by atoms with Crippen LogP contribution in [0, 0.1) is 6.92 Å². The monoisotopic (exact) mass is 319 g/mol. The van der Waals surface area contributed by atoms with Gasteiger partial charge in [0.25, 0.3) is 0 Å². The molecule has 2 rings (SSSR count). The molecule has 1 atom stereocenters. The summed E-state index contributed by atoms with van der Waals surface area (Å²) >= 11 is 3.33. The van der Waals surface area contributed by atoms with Gasteiger partial charge < -0.3 is 10.4 Å². The summed E-state index contributed by atoms with van der Waals surface area (Å²) in [5, 5.41) is 12.9. The largest absolute Gasteiger partial charge is 0.507 e. The Morgan fingerprint density at radius 2 is 1.84 bits per heavy atom. The molecule has 0 aromatic heterocycles. The summed E-state index contributed by atoms with van der Waals surface area (Å²) in [7, 11) is 0. The summed E-state index contributed by atoms with van der Waals surface area (Å²) in [5.41, 5.74) is 3.70. The highest BCUT2D eigenvalue weighted by molar-refractivity contribution is 9.10. The number of nitrogens with one attached hydrogen (secondary N) is 1. The zero-order valence-electron chi connectivity index (χ0n) is 11.2. The number of halogens is 1. The fourth-order valence-corrected chi connectivity index (χ4v) is 2.33. The van der Waals surface area contributed by atoms with Gasteiger partial charge >= 0.3 is 0 Å². The van der Waals surface area contributed by atoms with Gasteiger partial charge in [0, 0.05) is 12.6 Å². The topological polar surface area (TPSA) is 32.3 Å². The summed E-state index contributed by atoms with van der Waals surface area (Å²) < 4.78 is 0.731. The molecule has 0 saturated heterocycles. The van der Waals surface area contributed by atoms with E-state index in [1.807, 2.05) is 12.1 Å². The molecule has 0 saturated carbocycles. The van der Waals surface area contributed by atoms with Crippen molar-refractivity contribution in [1.29, 1.82) is 0 Å². The number of aromatic hydroxyl groups is 1. The first kappa shape index (κ1) is 14.1. The van der Waals surface area contributed by atoms with Crippen molar-refractivity contribution in [3.63, 3.8) is 0 Å². The minimum Gasteiger partial charge on any atom is -0.507 e. The average molecular weight is 320 g/mol. The number of phenols is 1. The highest BCUT2D eigenvalue weighted by Gasteiger charge is 2.05. The molecule has 2 N–H and O–H groups in total. The van der Waals surface area contributed by atoms with Crippen LogP contribution in [0.1, 0.15) is 29.7 Å². The van der Waals surface area contributed by atoms with Gasteiger partial charge in [0.15, 0.2) is 0 Å². The van der Waals surface area contributed by atoms with Crippen LogP contribution in [-0.4, -0.2) is 5.11 Å². The number of phenolic OH excluding ortho intramolecular Hbond substituents is 1. The van der Waals surface area contributed by atoms with Gasteiger partial charge in [0.05, 0.1) is 4.47 Å². The Labute approximate surface area is 122 Å². The molecular formula is C16H18BrNO. The lowest BCUT2D eigenvalue weighted by atomic mass is 10.1. The molecule has 0 aliphatic carbocycles. The lowest BCUT2D eigenvalue weighted by Gasteiger charge is -2.15. The fraction of sp³-hybridized carbons (Fsp3) is 0.250. The first-order valence-corrected chi connectivity index (χ1v) is 7.13. The van der Waals surface area contributed by atoms with E-state index in [1.54, 1.807) is 6.07 Å². The van der Waals surface area contributed by atoms with Crippen LogP contribution in [0.2, 0.25) is 0 Å². The third-order valence-corrected chi connectivity index (χ3v) is 3.84. The number of hydrogen-bond donors (Lipinski definition) is 2. The maximum atomic E-state index is 9.46. The lowest BCUT2D eigenvalue weighted by molar-refractivity contribution is 0.471.